The molecule has 4 aromatic rings. The smallest absolute Gasteiger partial charge is 0.262 e. The average Bonchev–Trinajstić information content (AvgIpc) is 2.82. The van der Waals surface area contributed by atoms with Gasteiger partial charge in [-0.05, 0) is 60.5 Å². The molecule has 0 unspecified atom stereocenters. The van der Waals surface area contributed by atoms with Crippen molar-refractivity contribution < 1.29 is 9.53 Å². The molecule has 7 nitrogen and oxygen atoms in total. The average molecular weight is 436 g/mol. The number of anilines is 1. The third-order valence-corrected chi connectivity index (χ3v) is 4.85. The van der Waals surface area contributed by atoms with Gasteiger partial charge >= 0.3 is 0 Å². The van der Waals surface area contributed by atoms with Crippen LogP contribution in [0, 0.1) is 18.3 Å². The van der Waals surface area contributed by atoms with Crippen LogP contribution in [0.15, 0.2) is 77.6 Å². The number of nitriles is 1. The number of hydrogen-bond acceptors (Lipinski definition) is 5. The molecule has 0 aliphatic carbocycles. The summed E-state index contributed by atoms with van der Waals surface area (Å²) in [6.07, 6.45) is 1.63. The molecule has 0 aliphatic rings. The van der Waals surface area contributed by atoms with E-state index in [1.165, 1.54) is 0 Å². The van der Waals surface area contributed by atoms with Gasteiger partial charge in [0.15, 0.2) is 12.4 Å². The molecule has 1 aromatic heterocycles. The monoisotopic (exact) mass is 436 g/mol. The number of carbonyl (C=O) groups is 1. The number of hydrogen-bond donors (Lipinski definition) is 2. The minimum Gasteiger partial charge on any atom is -0.484 e. The summed E-state index contributed by atoms with van der Waals surface area (Å²) >= 11 is 0. The summed E-state index contributed by atoms with van der Waals surface area (Å²) in [6, 6.07) is 23.5. The van der Waals surface area contributed by atoms with E-state index in [0.29, 0.717) is 22.3 Å². The summed E-state index contributed by atoms with van der Waals surface area (Å²) in [5.41, 5.74) is 2.93. The summed E-state index contributed by atoms with van der Waals surface area (Å²) in [6.45, 7) is 1.82. The molecule has 0 fully saturated rings. The van der Waals surface area contributed by atoms with Gasteiger partial charge < -0.3 is 15.0 Å². The molecule has 7 heteroatoms. The van der Waals surface area contributed by atoms with Crippen molar-refractivity contribution >= 4 is 34.1 Å². The molecule has 0 aliphatic heterocycles. The summed E-state index contributed by atoms with van der Waals surface area (Å²) in [7, 11) is 0. The molecule has 0 atom stereocenters. The van der Waals surface area contributed by atoms with Crippen molar-refractivity contribution in [3.8, 4) is 11.8 Å². The molecular weight excluding hydrogens is 416 g/mol. The number of fused-ring (bicyclic) bond motifs is 1. The molecule has 0 bridgehead atoms. The number of aromatic nitrogens is 2. The Morgan fingerprint density at radius 3 is 2.67 bits per heavy atom. The van der Waals surface area contributed by atoms with E-state index in [4.69, 9.17) is 4.74 Å². The van der Waals surface area contributed by atoms with E-state index in [9.17, 15) is 14.9 Å². The van der Waals surface area contributed by atoms with Gasteiger partial charge in [0.1, 0.15) is 11.8 Å². The van der Waals surface area contributed by atoms with Gasteiger partial charge in [0.2, 0.25) is 0 Å². The van der Waals surface area contributed by atoms with Crippen molar-refractivity contribution in [1.82, 2.24) is 9.97 Å². The van der Waals surface area contributed by atoms with Crippen LogP contribution in [0.4, 0.5) is 5.69 Å². The lowest BCUT2D eigenvalue weighted by molar-refractivity contribution is -0.118. The maximum absolute atomic E-state index is 12.3. The lowest BCUT2D eigenvalue weighted by atomic mass is 10.1. The van der Waals surface area contributed by atoms with Crippen molar-refractivity contribution in [2.45, 2.75) is 6.92 Å². The largest absolute Gasteiger partial charge is 0.484 e. The normalized spacial score (nSPS) is 11.1. The maximum Gasteiger partial charge on any atom is 0.262 e. The fourth-order valence-electron chi connectivity index (χ4n) is 3.26. The molecule has 0 saturated heterocycles. The van der Waals surface area contributed by atoms with E-state index in [0.717, 1.165) is 11.1 Å². The van der Waals surface area contributed by atoms with Crippen molar-refractivity contribution in [3.05, 3.63) is 100 Å². The number of carbonyl (C=O) groups excluding carboxylic acids is 1. The first-order valence-electron chi connectivity index (χ1n) is 10.2. The van der Waals surface area contributed by atoms with Crippen LogP contribution in [0.25, 0.3) is 22.6 Å². The highest BCUT2D eigenvalue weighted by molar-refractivity contribution is 5.92. The zero-order valence-corrected chi connectivity index (χ0v) is 17.8. The number of aryl methyl sites for hydroxylation is 1. The molecule has 0 spiro atoms. The lowest BCUT2D eigenvalue weighted by Gasteiger charge is -2.08. The van der Waals surface area contributed by atoms with E-state index in [1.54, 1.807) is 54.6 Å². The zero-order chi connectivity index (χ0) is 23.2. The fourth-order valence-corrected chi connectivity index (χ4v) is 3.26. The number of nitrogens with one attached hydrogen (secondary N) is 2. The predicted octanol–water partition coefficient (Wildman–Crippen LogP) is 4.31. The van der Waals surface area contributed by atoms with Crippen LogP contribution in [0.2, 0.25) is 0 Å². The Labute approximate surface area is 190 Å². The standard InChI is InChI=1S/C26H20N4O3/c1-17-5-4-6-20(13-17)28-24(31)16-33-21-11-9-18(10-12-21)14-19(15-27)25-29-23-8-3-2-7-22(23)26(32)30-25/h2-14H,16H2,1H3,(H,28,31)(H,29,30,32). The number of benzene rings is 3. The topological polar surface area (TPSA) is 108 Å². The highest BCUT2D eigenvalue weighted by Crippen LogP contribution is 2.19. The molecular formula is C26H20N4O3. The van der Waals surface area contributed by atoms with Crippen LogP contribution in [0.3, 0.4) is 0 Å². The number of ether oxygens (including phenoxy) is 1. The van der Waals surface area contributed by atoms with Gasteiger partial charge in [-0.3, -0.25) is 9.59 Å². The van der Waals surface area contributed by atoms with E-state index in [-0.39, 0.29) is 29.5 Å². The van der Waals surface area contributed by atoms with Crippen molar-refractivity contribution in [2.75, 3.05) is 11.9 Å². The third-order valence-electron chi connectivity index (χ3n) is 4.85. The van der Waals surface area contributed by atoms with E-state index >= 15 is 0 Å². The van der Waals surface area contributed by atoms with Gasteiger partial charge in [-0.2, -0.15) is 5.26 Å². The molecule has 2 N–H and O–H groups in total. The van der Waals surface area contributed by atoms with Crippen molar-refractivity contribution in [3.63, 3.8) is 0 Å². The number of H-pyrrole nitrogens is 1. The van der Waals surface area contributed by atoms with Crippen LogP contribution >= 0.6 is 0 Å². The SMILES string of the molecule is Cc1cccc(NC(=O)COc2ccc(C=C(C#N)c3nc4ccccc4c(=O)[nH]3)cc2)c1. The van der Waals surface area contributed by atoms with Crippen LogP contribution in [-0.4, -0.2) is 22.5 Å². The van der Waals surface area contributed by atoms with E-state index < -0.39 is 0 Å². The first-order chi connectivity index (χ1) is 16.0. The Morgan fingerprint density at radius 2 is 1.91 bits per heavy atom. The number of rotatable bonds is 6. The highest BCUT2D eigenvalue weighted by Gasteiger charge is 2.09. The second-order valence-corrected chi connectivity index (χ2v) is 7.38. The van der Waals surface area contributed by atoms with Crippen LogP contribution in [0.5, 0.6) is 5.75 Å². The third kappa shape index (κ3) is 5.32. The molecule has 0 radical (unpaired) electrons. The van der Waals surface area contributed by atoms with Crippen LogP contribution < -0.4 is 15.6 Å². The minimum atomic E-state index is -0.301. The Bertz CT molecular complexity index is 1450. The summed E-state index contributed by atoms with van der Waals surface area (Å²) in [5, 5.41) is 12.8. The molecule has 33 heavy (non-hydrogen) atoms. The Balaban J connectivity index is 1.44. The summed E-state index contributed by atoms with van der Waals surface area (Å²) in [5.74, 6) is 0.458. The zero-order valence-electron chi connectivity index (χ0n) is 17.8. The second-order valence-electron chi connectivity index (χ2n) is 7.38. The Kier molecular flexibility index (Phi) is 6.28. The van der Waals surface area contributed by atoms with E-state index in [2.05, 4.69) is 21.4 Å². The van der Waals surface area contributed by atoms with Gasteiger partial charge in [-0.15, -0.1) is 0 Å². The number of para-hydroxylation sites is 1. The molecule has 1 heterocycles. The summed E-state index contributed by atoms with van der Waals surface area (Å²) in [4.78, 5) is 31.5. The van der Waals surface area contributed by atoms with Gasteiger partial charge in [-0.25, -0.2) is 4.98 Å². The molecule has 4 rings (SSSR count). The summed E-state index contributed by atoms with van der Waals surface area (Å²) < 4.78 is 5.55. The second kappa shape index (κ2) is 9.62. The van der Waals surface area contributed by atoms with Gasteiger partial charge in [0, 0.05) is 5.69 Å². The molecule has 3 aromatic carbocycles. The Hall–Kier alpha value is -4.70. The number of aromatic amines is 1. The van der Waals surface area contributed by atoms with Gasteiger partial charge in [0.25, 0.3) is 11.5 Å². The number of nitrogens with zero attached hydrogens (tertiary/aromatic N) is 2. The first-order valence-corrected chi connectivity index (χ1v) is 10.2. The lowest BCUT2D eigenvalue weighted by Crippen LogP contribution is -2.20. The maximum atomic E-state index is 12.3. The quantitative estimate of drug-likeness (QED) is 0.438. The van der Waals surface area contributed by atoms with Crippen molar-refractivity contribution in [1.29, 1.82) is 5.26 Å². The molecule has 162 valence electrons. The number of allylic oxidation sites excluding steroid dienone is 1. The molecule has 0 saturated carbocycles. The number of amides is 1. The Morgan fingerprint density at radius 1 is 1.12 bits per heavy atom. The first kappa shape index (κ1) is 21.5. The van der Waals surface area contributed by atoms with Crippen LogP contribution in [0.1, 0.15) is 17.0 Å². The fraction of sp³-hybridized carbons (Fsp3) is 0.0769. The van der Waals surface area contributed by atoms with Gasteiger partial charge in [-0.1, -0.05) is 36.4 Å². The van der Waals surface area contributed by atoms with Crippen molar-refractivity contribution in [2.24, 2.45) is 0 Å². The van der Waals surface area contributed by atoms with Gasteiger partial charge in [0.05, 0.1) is 16.5 Å². The van der Waals surface area contributed by atoms with E-state index in [1.807, 2.05) is 31.2 Å². The molecule has 1 amide bonds. The highest BCUT2D eigenvalue weighted by atomic mass is 16.5. The van der Waals surface area contributed by atoms with Crippen LogP contribution in [-0.2, 0) is 4.79 Å². The minimum absolute atomic E-state index is 0.130. The predicted molar refractivity (Wildman–Crippen MR) is 128 cm³/mol.